The quantitative estimate of drug-likeness (QED) is 0.656. The predicted molar refractivity (Wildman–Crippen MR) is 91.3 cm³/mol. The Hall–Kier alpha value is -1.73. The molecule has 21 heavy (non-hydrogen) atoms. The van der Waals surface area contributed by atoms with Gasteiger partial charge in [-0.25, -0.2) is 4.98 Å². The van der Waals surface area contributed by atoms with Gasteiger partial charge >= 0.3 is 0 Å². The van der Waals surface area contributed by atoms with E-state index in [2.05, 4.69) is 15.0 Å². The third-order valence-corrected chi connectivity index (χ3v) is 4.10. The molecule has 2 aromatic heterocycles. The van der Waals surface area contributed by atoms with E-state index in [4.69, 9.17) is 11.6 Å². The zero-order valence-electron chi connectivity index (χ0n) is 10.7. The summed E-state index contributed by atoms with van der Waals surface area (Å²) in [5, 5.41) is 0.537. The van der Waals surface area contributed by atoms with E-state index in [-0.39, 0.29) is 5.56 Å². The third-order valence-electron chi connectivity index (χ3n) is 2.88. The molecule has 1 N–H and O–H groups in total. The van der Waals surface area contributed by atoms with Crippen molar-refractivity contribution in [3.05, 3.63) is 67.6 Å². The Bertz CT molecular complexity index is 832. The molecule has 4 nitrogen and oxygen atoms in total. The fourth-order valence-corrected chi connectivity index (χ4v) is 2.56. The molecule has 0 saturated carbocycles. The highest BCUT2D eigenvalue weighted by Crippen LogP contribution is 2.23. The standard InChI is InChI=1S/C15H9ClIN3O/c16-10-6-7-11(18-8-10)14-19-13(12(17)15(21)20-14)9-4-2-1-3-5-9/h1-8H,(H,19,20,21). The molecule has 0 unspecified atom stereocenters. The largest absolute Gasteiger partial charge is 0.304 e. The first-order valence-corrected chi connectivity index (χ1v) is 7.58. The zero-order valence-corrected chi connectivity index (χ0v) is 13.6. The molecule has 2 heterocycles. The predicted octanol–water partition coefficient (Wildman–Crippen LogP) is 3.76. The molecule has 0 saturated heterocycles. The zero-order chi connectivity index (χ0) is 14.8. The SMILES string of the molecule is O=c1[nH]c(-c2ccc(Cl)cn2)nc(-c2ccccc2)c1I. The maximum atomic E-state index is 12.1. The van der Waals surface area contributed by atoms with E-state index in [0.717, 1.165) is 5.56 Å². The van der Waals surface area contributed by atoms with E-state index in [1.165, 1.54) is 6.20 Å². The van der Waals surface area contributed by atoms with Crippen molar-refractivity contribution >= 4 is 34.2 Å². The first kappa shape index (κ1) is 14.2. The Balaban J connectivity index is 2.19. The molecule has 0 atom stereocenters. The number of H-pyrrole nitrogens is 1. The summed E-state index contributed by atoms with van der Waals surface area (Å²) >= 11 is 7.83. The van der Waals surface area contributed by atoms with Crippen LogP contribution >= 0.6 is 34.2 Å². The fraction of sp³-hybridized carbons (Fsp3) is 0. The van der Waals surface area contributed by atoms with Gasteiger partial charge in [0.1, 0.15) is 9.26 Å². The number of nitrogens with one attached hydrogen (secondary N) is 1. The van der Waals surface area contributed by atoms with Crippen LogP contribution in [0, 0.1) is 3.57 Å². The van der Waals surface area contributed by atoms with Crippen LogP contribution in [0.5, 0.6) is 0 Å². The Morgan fingerprint density at radius 2 is 1.86 bits per heavy atom. The number of hydrogen-bond donors (Lipinski definition) is 1. The normalized spacial score (nSPS) is 10.6. The van der Waals surface area contributed by atoms with Crippen molar-refractivity contribution in [2.45, 2.75) is 0 Å². The molecular weight excluding hydrogens is 401 g/mol. The molecule has 1 aromatic carbocycles. The van der Waals surface area contributed by atoms with Crippen molar-refractivity contribution in [1.29, 1.82) is 0 Å². The maximum Gasteiger partial charge on any atom is 0.265 e. The minimum absolute atomic E-state index is 0.184. The van der Waals surface area contributed by atoms with Crippen molar-refractivity contribution in [3.8, 4) is 22.8 Å². The minimum atomic E-state index is -0.184. The Labute approximate surface area is 139 Å². The highest BCUT2D eigenvalue weighted by molar-refractivity contribution is 14.1. The molecule has 0 aliphatic rings. The molecule has 0 aliphatic carbocycles. The minimum Gasteiger partial charge on any atom is -0.304 e. The Morgan fingerprint density at radius 1 is 1.10 bits per heavy atom. The highest BCUT2D eigenvalue weighted by Gasteiger charge is 2.12. The van der Waals surface area contributed by atoms with Crippen LogP contribution in [0.15, 0.2) is 53.5 Å². The van der Waals surface area contributed by atoms with Crippen molar-refractivity contribution < 1.29 is 0 Å². The molecule has 3 aromatic rings. The van der Waals surface area contributed by atoms with Gasteiger partial charge in [0, 0.05) is 11.8 Å². The van der Waals surface area contributed by atoms with Gasteiger partial charge in [-0.1, -0.05) is 41.9 Å². The number of hydrogen-bond acceptors (Lipinski definition) is 3. The van der Waals surface area contributed by atoms with Gasteiger partial charge in [0.05, 0.1) is 10.7 Å². The number of benzene rings is 1. The van der Waals surface area contributed by atoms with Gasteiger partial charge in [-0.2, -0.15) is 0 Å². The van der Waals surface area contributed by atoms with Crippen molar-refractivity contribution in [2.75, 3.05) is 0 Å². The van der Waals surface area contributed by atoms with E-state index < -0.39 is 0 Å². The maximum absolute atomic E-state index is 12.1. The van der Waals surface area contributed by atoms with Crippen LogP contribution in [0.3, 0.4) is 0 Å². The lowest BCUT2D eigenvalue weighted by Crippen LogP contribution is -2.14. The molecule has 104 valence electrons. The topological polar surface area (TPSA) is 58.6 Å². The summed E-state index contributed by atoms with van der Waals surface area (Å²) in [5.74, 6) is 0.427. The molecule has 0 spiro atoms. The summed E-state index contributed by atoms with van der Waals surface area (Å²) < 4.78 is 0.552. The van der Waals surface area contributed by atoms with E-state index in [9.17, 15) is 4.79 Å². The van der Waals surface area contributed by atoms with Gasteiger partial charge in [-0.15, -0.1) is 0 Å². The number of rotatable bonds is 2. The van der Waals surface area contributed by atoms with Crippen molar-refractivity contribution in [1.82, 2.24) is 15.0 Å². The molecular formula is C15H9ClIN3O. The van der Waals surface area contributed by atoms with Crippen LogP contribution < -0.4 is 5.56 Å². The third kappa shape index (κ3) is 2.98. The second kappa shape index (κ2) is 5.95. The van der Waals surface area contributed by atoms with Crippen LogP contribution in [0.25, 0.3) is 22.8 Å². The average Bonchev–Trinajstić information content (AvgIpc) is 2.51. The Morgan fingerprint density at radius 3 is 2.52 bits per heavy atom. The number of aromatic amines is 1. The van der Waals surface area contributed by atoms with Crippen molar-refractivity contribution in [2.24, 2.45) is 0 Å². The summed E-state index contributed by atoms with van der Waals surface area (Å²) in [6, 6.07) is 13.0. The lowest BCUT2D eigenvalue weighted by Gasteiger charge is -2.06. The summed E-state index contributed by atoms with van der Waals surface area (Å²) in [4.78, 5) is 23.6. The summed E-state index contributed by atoms with van der Waals surface area (Å²) in [6.45, 7) is 0. The van der Waals surface area contributed by atoms with E-state index >= 15 is 0 Å². The van der Waals surface area contributed by atoms with E-state index in [1.54, 1.807) is 12.1 Å². The van der Waals surface area contributed by atoms with Gasteiger partial charge < -0.3 is 4.98 Å². The average molecular weight is 410 g/mol. The van der Waals surface area contributed by atoms with Gasteiger partial charge in [0.15, 0.2) is 5.82 Å². The monoisotopic (exact) mass is 409 g/mol. The summed E-state index contributed by atoms with van der Waals surface area (Å²) in [7, 11) is 0. The molecule has 0 aliphatic heterocycles. The molecule has 3 rings (SSSR count). The number of halogens is 2. The second-order valence-corrected chi connectivity index (χ2v) is 5.82. The van der Waals surface area contributed by atoms with Gasteiger partial charge in [0.25, 0.3) is 5.56 Å². The lowest BCUT2D eigenvalue weighted by atomic mass is 10.1. The highest BCUT2D eigenvalue weighted by atomic mass is 127. The van der Waals surface area contributed by atoms with E-state index in [0.29, 0.717) is 25.8 Å². The molecule has 0 bridgehead atoms. The second-order valence-electron chi connectivity index (χ2n) is 4.30. The lowest BCUT2D eigenvalue weighted by molar-refractivity contribution is 1.09. The number of aromatic nitrogens is 3. The summed E-state index contributed by atoms with van der Waals surface area (Å²) in [5.41, 5.74) is 1.93. The smallest absolute Gasteiger partial charge is 0.265 e. The van der Waals surface area contributed by atoms with Crippen LogP contribution in [-0.2, 0) is 0 Å². The molecule has 6 heteroatoms. The van der Waals surface area contributed by atoms with E-state index in [1.807, 2.05) is 52.9 Å². The molecule has 0 amide bonds. The first-order valence-electron chi connectivity index (χ1n) is 6.12. The van der Waals surface area contributed by atoms with Crippen LogP contribution in [0.2, 0.25) is 5.02 Å². The van der Waals surface area contributed by atoms with Crippen LogP contribution in [0.1, 0.15) is 0 Å². The van der Waals surface area contributed by atoms with Gasteiger partial charge in [-0.05, 0) is 34.7 Å². The molecule has 0 fully saturated rings. The van der Waals surface area contributed by atoms with Crippen LogP contribution in [0.4, 0.5) is 0 Å². The Kier molecular flexibility index (Phi) is 4.03. The molecule has 0 radical (unpaired) electrons. The summed E-state index contributed by atoms with van der Waals surface area (Å²) in [6.07, 6.45) is 1.52. The van der Waals surface area contributed by atoms with Crippen molar-refractivity contribution in [3.63, 3.8) is 0 Å². The van der Waals surface area contributed by atoms with Gasteiger partial charge in [0.2, 0.25) is 0 Å². The fourth-order valence-electron chi connectivity index (χ4n) is 1.88. The van der Waals surface area contributed by atoms with Gasteiger partial charge in [-0.3, -0.25) is 9.78 Å². The number of pyridine rings is 1. The number of nitrogens with zero attached hydrogens (tertiary/aromatic N) is 2. The van der Waals surface area contributed by atoms with Crippen LogP contribution in [-0.4, -0.2) is 15.0 Å². The first-order chi connectivity index (χ1) is 10.1.